The molecular weight excluding hydrogens is 321 g/mol. The summed E-state index contributed by atoms with van der Waals surface area (Å²) in [6.07, 6.45) is -4.40. The zero-order chi connectivity index (χ0) is 17.5. The van der Waals surface area contributed by atoms with Gasteiger partial charge in [0, 0.05) is 5.69 Å². The van der Waals surface area contributed by atoms with Crippen LogP contribution in [-0.2, 0) is 11.0 Å². The summed E-state index contributed by atoms with van der Waals surface area (Å²) in [5.41, 5.74) is 6.31. The molecule has 1 fully saturated rings. The highest BCUT2D eigenvalue weighted by Crippen LogP contribution is 2.39. The highest BCUT2D eigenvalue weighted by molar-refractivity contribution is 6.05. The molecule has 126 valence electrons. The molecule has 0 radical (unpaired) electrons. The lowest BCUT2D eigenvalue weighted by molar-refractivity contribution is -0.137. The van der Waals surface area contributed by atoms with Crippen LogP contribution >= 0.6 is 0 Å². The van der Waals surface area contributed by atoms with Gasteiger partial charge in [-0.2, -0.15) is 13.2 Å². The summed E-state index contributed by atoms with van der Waals surface area (Å²) in [5.74, 6) is 0.368. The monoisotopic (exact) mass is 336 g/mol. The molecule has 0 aromatic heterocycles. The second-order valence-electron chi connectivity index (χ2n) is 5.50. The number of hydrogen-bond acceptors (Lipinski definition) is 3. The average Bonchev–Trinajstić information content (AvgIpc) is 2.58. The molecule has 0 aliphatic carbocycles. The van der Waals surface area contributed by atoms with E-state index < -0.39 is 23.8 Å². The molecular formula is C17H15F3N2O2. The van der Waals surface area contributed by atoms with Crippen LogP contribution in [0, 0.1) is 0 Å². The molecule has 24 heavy (non-hydrogen) atoms. The third kappa shape index (κ3) is 2.71. The first-order valence-electron chi connectivity index (χ1n) is 7.23. The second kappa shape index (κ2) is 5.83. The first kappa shape index (κ1) is 16.3. The number of benzene rings is 2. The van der Waals surface area contributed by atoms with Crippen molar-refractivity contribution in [2.45, 2.75) is 18.3 Å². The maximum atomic E-state index is 12.7. The summed E-state index contributed by atoms with van der Waals surface area (Å²) in [6.45, 7) is 0. The van der Waals surface area contributed by atoms with E-state index in [-0.39, 0.29) is 5.91 Å². The Kier molecular flexibility index (Phi) is 3.96. The molecule has 2 aromatic carbocycles. The molecule has 2 aromatic rings. The van der Waals surface area contributed by atoms with Gasteiger partial charge in [-0.3, -0.25) is 4.79 Å². The predicted molar refractivity (Wildman–Crippen MR) is 82.6 cm³/mol. The van der Waals surface area contributed by atoms with Crippen molar-refractivity contribution in [1.82, 2.24) is 0 Å². The van der Waals surface area contributed by atoms with Crippen LogP contribution in [0.1, 0.15) is 17.2 Å². The Labute approximate surface area is 136 Å². The first-order valence-corrected chi connectivity index (χ1v) is 7.23. The van der Waals surface area contributed by atoms with Gasteiger partial charge < -0.3 is 15.4 Å². The normalized spacial score (nSPS) is 20.7. The minimum Gasteiger partial charge on any atom is -0.497 e. The largest absolute Gasteiger partial charge is 0.497 e. The maximum absolute atomic E-state index is 12.7. The molecule has 0 saturated carbocycles. The van der Waals surface area contributed by atoms with E-state index in [9.17, 15) is 18.0 Å². The van der Waals surface area contributed by atoms with Crippen molar-refractivity contribution in [3.8, 4) is 5.75 Å². The molecule has 0 spiro atoms. The van der Waals surface area contributed by atoms with Gasteiger partial charge in [0.1, 0.15) is 11.8 Å². The van der Waals surface area contributed by atoms with Gasteiger partial charge in [0.25, 0.3) is 0 Å². The predicted octanol–water partition coefficient (Wildman–Crippen LogP) is 3.13. The molecule has 1 amide bonds. The van der Waals surface area contributed by atoms with Gasteiger partial charge in [-0.15, -0.1) is 0 Å². The summed E-state index contributed by atoms with van der Waals surface area (Å²) in [4.78, 5) is 13.6. The summed E-state index contributed by atoms with van der Waals surface area (Å²) in [5, 5.41) is 0. The lowest BCUT2D eigenvalue weighted by Crippen LogP contribution is -2.63. The van der Waals surface area contributed by atoms with E-state index in [2.05, 4.69) is 0 Å². The second-order valence-corrected chi connectivity index (χ2v) is 5.50. The number of amides is 1. The van der Waals surface area contributed by atoms with Crippen LogP contribution in [0.3, 0.4) is 0 Å². The van der Waals surface area contributed by atoms with Gasteiger partial charge in [0.2, 0.25) is 5.91 Å². The standard InChI is InChI=1S/C17H15F3N2O2/c1-24-13-8-6-12(7-9-13)22-15(14(21)16(22)23)10-2-4-11(5-3-10)17(18,19)20/h2-9,14-15H,21H2,1H3/t14-,15-/m1/s1. The van der Waals surface area contributed by atoms with Crippen molar-refractivity contribution in [3.63, 3.8) is 0 Å². The molecule has 1 heterocycles. The van der Waals surface area contributed by atoms with Crippen LogP contribution in [0.5, 0.6) is 5.75 Å². The fraction of sp³-hybridized carbons (Fsp3) is 0.235. The van der Waals surface area contributed by atoms with Crippen LogP contribution < -0.4 is 15.4 Å². The fourth-order valence-electron chi connectivity index (χ4n) is 2.77. The van der Waals surface area contributed by atoms with E-state index in [1.807, 2.05) is 0 Å². The number of nitrogens with two attached hydrogens (primary N) is 1. The van der Waals surface area contributed by atoms with Crippen molar-refractivity contribution in [3.05, 3.63) is 59.7 Å². The Hall–Kier alpha value is -2.54. The molecule has 1 aliphatic heterocycles. The van der Waals surface area contributed by atoms with Crippen LogP contribution in [0.15, 0.2) is 48.5 Å². The Balaban J connectivity index is 1.89. The van der Waals surface area contributed by atoms with E-state index in [4.69, 9.17) is 10.5 Å². The van der Waals surface area contributed by atoms with Crippen molar-refractivity contribution >= 4 is 11.6 Å². The quantitative estimate of drug-likeness (QED) is 0.876. The third-order valence-electron chi connectivity index (χ3n) is 4.07. The molecule has 0 bridgehead atoms. The highest BCUT2D eigenvalue weighted by atomic mass is 19.4. The van der Waals surface area contributed by atoms with Gasteiger partial charge in [0.15, 0.2) is 0 Å². The number of alkyl halides is 3. The number of hydrogen-bond donors (Lipinski definition) is 1. The van der Waals surface area contributed by atoms with Gasteiger partial charge >= 0.3 is 6.18 Å². The Morgan fingerprint density at radius 1 is 1.04 bits per heavy atom. The van der Waals surface area contributed by atoms with Crippen LogP contribution in [-0.4, -0.2) is 19.1 Å². The van der Waals surface area contributed by atoms with Gasteiger partial charge in [-0.1, -0.05) is 12.1 Å². The first-order chi connectivity index (χ1) is 11.3. The molecule has 0 unspecified atom stereocenters. The number of nitrogens with zero attached hydrogens (tertiary/aromatic N) is 1. The summed E-state index contributed by atoms with van der Waals surface area (Å²) in [7, 11) is 1.53. The Morgan fingerprint density at radius 2 is 1.62 bits per heavy atom. The van der Waals surface area contributed by atoms with Crippen LogP contribution in [0.25, 0.3) is 0 Å². The molecule has 2 atom stereocenters. The molecule has 2 N–H and O–H groups in total. The molecule has 1 saturated heterocycles. The summed E-state index contributed by atoms with van der Waals surface area (Å²) < 4.78 is 43.1. The van der Waals surface area contributed by atoms with E-state index in [1.54, 1.807) is 24.3 Å². The number of halogens is 3. The van der Waals surface area contributed by atoms with E-state index in [0.29, 0.717) is 17.0 Å². The van der Waals surface area contributed by atoms with Crippen molar-refractivity contribution in [1.29, 1.82) is 0 Å². The molecule has 3 rings (SSSR count). The van der Waals surface area contributed by atoms with Crippen LogP contribution in [0.4, 0.5) is 18.9 Å². The number of carbonyl (C=O) groups excluding carboxylic acids is 1. The van der Waals surface area contributed by atoms with E-state index >= 15 is 0 Å². The zero-order valence-electron chi connectivity index (χ0n) is 12.7. The fourth-order valence-corrected chi connectivity index (χ4v) is 2.77. The number of β-lactam (4-membered cyclic amide) rings is 1. The molecule has 7 heteroatoms. The highest BCUT2D eigenvalue weighted by Gasteiger charge is 2.46. The van der Waals surface area contributed by atoms with Gasteiger partial charge in [-0.25, -0.2) is 0 Å². The number of methoxy groups -OCH3 is 1. The number of rotatable bonds is 3. The van der Waals surface area contributed by atoms with Crippen molar-refractivity contribution in [2.24, 2.45) is 5.73 Å². The lowest BCUT2D eigenvalue weighted by Gasteiger charge is -2.45. The average molecular weight is 336 g/mol. The Morgan fingerprint density at radius 3 is 2.12 bits per heavy atom. The summed E-state index contributed by atoms with van der Waals surface area (Å²) in [6, 6.07) is 10.3. The Bertz CT molecular complexity index is 742. The molecule has 1 aliphatic rings. The number of anilines is 1. The lowest BCUT2D eigenvalue weighted by atomic mass is 9.88. The van der Waals surface area contributed by atoms with Crippen molar-refractivity contribution in [2.75, 3.05) is 12.0 Å². The van der Waals surface area contributed by atoms with Gasteiger partial charge in [-0.05, 0) is 42.0 Å². The maximum Gasteiger partial charge on any atom is 0.416 e. The number of ether oxygens (including phenoxy) is 1. The van der Waals surface area contributed by atoms with Gasteiger partial charge in [0.05, 0.1) is 18.7 Å². The summed E-state index contributed by atoms with van der Waals surface area (Å²) >= 11 is 0. The van der Waals surface area contributed by atoms with Crippen LogP contribution in [0.2, 0.25) is 0 Å². The SMILES string of the molecule is COc1ccc(N2C(=O)[C@H](N)[C@H]2c2ccc(C(F)(F)F)cc2)cc1. The zero-order valence-corrected chi connectivity index (χ0v) is 12.7. The van der Waals surface area contributed by atoms with E-state index in [0.717, 1.165) is 12.1 Å². The minimum atomic E-state index is -4.40. The smallest absolute Gasteiger partial charge is 0.416 e. The topological polar surface area (TPSA) is 55.6 Å². The van der Waals surface area contributed by atoms with E-state index in [1.165, 1.54) is 24.1 Å². The minimum absolute atomic E-state index is 0.273. The third-order valence-corrected chi connectivity index (χ3v) is 4.07. The molecule has 4 nitrogen and oxygen atoms in total. The van der Waals surface area contributed by atoms with Crippen molar-refractivity contribution < 1.29 is 22.7 Å². The number of carbonyl (C=O) groups is 1.